The van der Waals surface area contributed by atoms with E-state index in [0.29, 0.717) is 21.7 Å². The zero-order valence-electron chi connectivity index (χ0n) is 21.0. The Morgan fingerprint density at radius 3 is 1.04 bits per heavy atom. The summed E-state index contributed by atoms with van der Waals surface area (Å²) in [6.07, 6.45) is 8.19. The Bertz CT molecular complexity index is 354. The summed E-state index contributed by atoms with van der Waals surface area (Å²) in [5.74, 6) is 2.39. The van der Waals surface area contributed by atoms with Crippen LogP contribution in [0, 0.1) is 39.4 Å². The van der Waals surface area contributed by atoms with Gasteiger partial charge in [0.25, 0.3) is 0 Å². The average Bonchev–Trinajstić information content (AvgIpc) is 2.32. The van der Waals surface area contributed by atoms with E-state index in [1.54, 1.807) is 0 Å². The SMILES string of the molecule is CC(CCC(CCC(C)CC(C)(C)C)(C(C)C)C(C)(C)C)CC(C)(C)C. The minimum absolute atomic E-state index is 0.365. The summed E-state index contributed by atoms with van der Waals surface area (Å²) in [5, 5.41) is 0. The van der Waals surface area contributed by atoms with Crippen molar-refractivity contribution >= 4 is 0 Å². The number of hydrogen-bond acceptors (Lipinski definition) is 0. The molecular weight excluding hydrogens is 312 g/mol. The van der Waals surface area contributed by atoms with E-state index >= 15 is 0 Å². The molecule has 26 heavy (non-hydrogen) atoms. The topological polar surface area (TPSA) is 0 Å². The van der Waals surface area contributed by atoms with Crippen molar-refractivity contribution in [3.8, 4) is 0 Å². The summed E-state index contributed by atoms with van der Waals surface area (Å²) in [5.41, 5.74) is 1.71. The fourth-order valence-corrected chi connectivity index (χ4v) is 5.62. The third-order valence-corrected chi connectivity index (χ3v) is 6.69. The van der Waals surface area contributed by atoms with Gasteiger partial charge in [-0.1, -0.05) is 103 Å². The highest BCUT2D eigenvalue weighted by molar-refractivity contribution is 4.93. The molecule has 2 atom stereocenters. The molecule has 0 saturated heterocycles. The monoisotopic (exact) mass is 366 g/mol. The first-order chi connectivity index (χ1) is 11.4. The first-order valence-electron chi connectivity index (χ1n) is 11.4. The van der Waals surface area contributed by atoms with Gasteiger partial charge in [0.05, 0.1) is 0 Å². The summed E-state index contributed by atoms with van der Waals surface area (Å²) in [4.78, 5) is 0. The molecule has 0 spiro atoms. The summed E-state index contributed by atoms with van der Waals surface area (Å²) >= 11 is 0. The molecule has 0 aromatic rings. The van der Waals surface area contributed by atoms with Gasteiger partial charge in [0, 0.05) is 0 Å². The van der Waals surface area contributed by atoms with Crippen LogP contribution in [0.15, 0.2) is 0 Å². The molecule has 0 heteroatoms. The van der Waals surface area contributed by atoms with Crippen molar-refractivity contribution in [2.24, 2.45) is 39.4 Å². The molecule has 0 amide bonds. The molecule has 0 rings (SSSR count). The second-order valence-corrected chi connectivity index (χ2v) is 13.4. The Hall–Kier alpha value is 0. The van der Waals surface area contributed by atoms with E-state index in [-0.39, 0.29) is 0 Å². The lowest BCUT2D eigenvalue weighted by Gasteiger charge is -2.50. The minimum Gasteiger partial charge on any atom is -0.0625 e. The Morgan fingerprint density at radius 2 is 0.846 bits per heavy atom. The molecule has 0 heterocycles. The van der Waals surface area contributed by atoms with Gasteiger partial charge in [-0.05, 0) is 65.1 Å². The predicted octanol–water partition coefficient (Wildman–Crippen LogP) is 9.38. The summed E-state index contributed by atoms with van der Waals surface area (Å²) in [7, 11) is 0. The van der Waals surface area contributed by atoms with Crippen molar-refractivity contribution in [1.82, 2.24) is 0 Å². The maximum Gasteiger partial charge on any atom is -0.0226 e. The predicted molar refractivity (Wildman–Crippen MR) is 122 cm³/mol. The fraction of sp³-hybridized carbons (Fsp3) is 1.00. The van der Waals surface area contributed by atoms with Crippen LogP contribution in [0.5, 0.6) is 0 Å². The maximum atomic E-state index is 2.50. The van der Waals surface area contributed by atoms with Gasteiger partial charge in [0.15, 0.2) is 0 Å². The second kappa shape index (κ2) is 9.47. The third-order valence-electron chi connectivity index (χ3n) is 6.69. The van der Waals surface area contributed by atoms with Crippen molar-refractivity contribution in [2.75, 3.05) is 0 Å². The second-order valence-electron chi connectivity index (χ2n) is 13.4. The van der Waals surface area contributed by atoms with Crippen LogP contribution in [0.4, 0.5) is 0 Å². The van der Waals surface area contributed by atoms with Crippen molar-refractivity contribution in [3.05, 3.63) is 0 Å². The summed E-state index contributed by atoms with van der Waals surface area (Å²) in [6.45, 7) is 31.7. The van der Waals surface area contributed by atoms with Gasteiger partial charge in [-0.15, -0.1) is 0 Å². The molecule has 2 unspecified atom stereocenters. The highest BCUT2D eigenvalue weighted by Gasteiger charge is 2.44. The van der Waals surface area contributed by atoms with E-state index in [4.69, 9.17) is 0 Å². The molecule has 0 N–H and O–H groups in total. The summed E-state index contributed by atoms with van der Waals surface area (Å²) < 4.78 is 0. The number of rotatable bonds is 9. The van der Waals surface area contributed by atoms with Gasteiger partial charge in [0.1, 0.15) is 0 Å². The highest BCUT2D eigenvalue weighted by Crippen LogP contribution is 2.53. The first-order valence-corrected chi connectivity index (χ1v) is 11.4. The van der Waals surface area contributed by atoms with Crippen molar-refractivity contribution < 1.29 is 0 Å². The molecule has 0 radical (unpaired) electrons. The maximum absolute atomic E-state index is 2.50. The van der Waals surface area contributed by atoms with Crippen LogP contribution in [0.1, 0.15) is 129 Å². The van der Waals surface area contributed by atoms with E-state index in [1.165, 1.54) is 38.5 Å². The lowest BCUT2D eigenvalue weighted by Crippen LogP contribution is -2.41. The van der Waals surface area contributed by atoms with Crippen LogP contribution in [-0.4, -0.2) is 0 Å². The fourth-order valence-electron chi connectivity index (χ4n) is 5.62. The Labute approximate surface area is 168 Å². The largest absolute Gasteiger partial charge is 0.0625 e. The molecule has 0 bridgehead atoms. The van der Waals surface area contributed by atoms with Crippen molar-refractivity contribution in [1.29, 1.82) is 0 Å². The molecular formula is C26H54. The normalized spacial score (nSPS) is 18.7. The quantitative estimate of drug-likeness (QED) is 0.381. The van der Waals surface area contributed by atoms with Crippen LogP contribution < -0.4 is 0 Å². The molecule has 0 aromatic carbocycles. The van der Waals surface area contributed by atoms with Crippen LogP contribution in [-0.2, 0) is 0 Å². The average molecular weight is 367 g/mol. The van der Waals surface area contributed by atoms with Gasteiger partial charge in [-0.3, -0.25) is 0 Å². The zero-order valence-corrected chi connectivity index (χ0v) is 21.0. The van der Waals surface area contributed by atoms with Gasteiger partial charge in [-0.25, -0.2) is 0 Å². The van der Waals surface area contributed by atoms with Gasteiger partial charge < -0.3 is 0 Å². The molecule has 0 aliphatic carbocycles. The smallest absolute Gasteiger partial charge is 0.0226 e. The molecule has 0 aliphatic rings. The van der Waals surface area contributed by atoms with E-state index in [1.807, 2.05) is 0 Å². The van der Waals surface area contributed by atoms with Crippen molar-refractivity contribution in [3.63, 3.8) is 0 Å². The van der Waals surface area contributed by atoms with E-state index < -0.39 is 0 Å². The van der Waals surface area contributed by atoms with E-state index in [2.05, 4.69) is 90.0 Å². The molecule has 0 aromatic heterocycles. The standard InChI is InChI=1S/C26H54/c1-20(2)26(25(11,12)13,16-14-21(3)18-23(5,6)7)17-15-22(4)19-24(8,9)10/h20-22H,14-19H2,1-13H3. The lowest BCUT2D eigenvalue weighted by atomic mass is 9.55. The van der Waals surface area contributed by atoms with Crippen LogP contribution >= 0.6 is 0 Å². The van der Waals surface area contributed by atoms with Crippen LogP contribution in [0.25, 0.3) is 0 Å². The van der Waals surface area contributed by atoms with Crippen LogP contribution in [0.2, 0.25) is 0 Å². The van der Waals surface area contributed by atoms with Crippen LogP contribution in [0.3, 0.4) is 0 Å². The Kier molecular flexibility index (Phi) is 9.47. The zero-order chi connectivity index (χ0) is 21.0. The minimum atomic E-state index is 0.365. The molecule has 0 fully saturated rings. The molecule has 0 saturated carbocycles. The Morgan fingerprint density at radius 1 is 0.538 bits per heavy atom. The third kappa shape index (κ3) is 9.27. The molecule has 0 aliphatic heterocycles. The van der Waals surface area contributed by atoms with Gasteiger partial charge >= 0.3 is 0 Å². The highest BCUT2D eigenvalue weighted by atomic mass is 14.5. The lowest BCUT2D eigenvalue weighted by molar-refractivity contribution is -0.00284. The molecule has 0 nitrogen and oxygen atoms in total. The van der Waals surface area contributed by atoms with Gasteiger partial charge in [-0.2, -0.15) is 0 Å². The Balaban J connectivity index is 5.20. The van der Waals surface area contributed by atoms with Gasteiger partial charge in [0.2, 0.25) is 0 Å². The van der Waals surface area contributed by atoms with E-state index in [9.17, 15) is 0 Å². The molecule has 158 valence electrons. The summed E-state index contributed by atoms with van der Waals surface area (Å²) in [6, 6.07) is 0. The first kappa shape index (κ1) is 26.0. The van der Waals surface area contributed by atoms with E-state index in [0.717, 1.165) is 17.8 Å². The number of hydrogen-bond donors (Lipinski definition) is 0. The van der Waals surface area contributed by atoms with Crippen molar-refractivity contribution in [2.45, 2.75) is 129 Å².